The zero-order chi connectivity index (χ0) is 8.55. The maximum atomic E-state index is 10.7. The Balaban J connectivity index is 2.32. The molecule has 2 aliphatic rings. The molecule has 0 fully saturated rings. The van der Waals surface area contributed by atoms with E-state index in [9.17, 15) is 4.79 Å². The number of carbonyl (C=O) groups is 1. The van der Waals surface area contributed by atoms with Crippen LogP contribution in [0.2, 0.25) is 0 Å². The van der Waals surface area contributed by atoms with E-state index in [-0.39, 0.29) is 12.0 Å². The van der Waals surface area contributed by atoms with Crippen molar-refractivity contribution in [1.29, 1.82) is 0 Å². The van der Waals surface area contributed by atoms with Crippen LogP contribution in [-0.2, 0) is 9.63 Å². The van der Waals surface area contributed by atoms with Gasteiger partial charge >= 0.3 is 5.97 Å². The Labute approximate surface area is 68.8 Å². The van der Waals surface area contributed by atoms with Gasteiger partial charge in [-0.3, -0.25) is 0 Å². The Morgan fingerprint density at radius 1 is 1.67 bits per heavy atom. The maximum Gasteiger partial charge on any atom is 0.332 e. The van der Waals surface area contributed by atoms with Crippen LogP contribution in [0.1, 0.15) is 0 Å². The molecule has 0 aromatic rings. The number of hydrogen-bond acceptors (Lipinski definition) is 3. The molecule has 1 N–H and O–H groups in total. The molecule has 62 valence electrons. The summed E-state index contributed by atoms with van der Waals surface area (Å²) in [6.45, 7) is 0. The van der Waals surface area contributed by atoms with Crippen LogP contribution in [0, 0.1) is 5.92 Å². The molecule has 0 saturated heterocycles. The number of aliphatic carboxylic acids is 1. The fourth-order valence-corrected chi connectivity index (χ4v) is 1.33. The highest BCUT2D eigenvalue weighted by molar-refractivity contribution is 5.93. The Hall–Kier alpha value is -1.58. The smallest absolute Gasteiger partial charge is 0.332 e. The zero-order valence-corrected chi connectivity index (χ0v) is 6.18. The molecular formula is C8H7NO3. The number of carboxylic acid groups (broad SMARTS) is 1. The fourth-order valence-electron chi connectivity index (χ4n) is 1.33. The highest BCUT2D eigenvalue weighted by Gasteiger charge is 2.32. The van der Waals surface area contributed by atoms with Gasteiger partial charge < -0.3 is 9.94 Å². The number of rotatable bonds is 1. The van der Waals surface area contributed by atoms with Crippen molar-refractivity contribution in [2.75, 3.05) is 0 Å². The van der Waals surface area contributed by atoms with Crippen LogP contribution in [0.3, 0.4) is 0 Å². The molecule has 0 saturated carbocycles. The summed E-state index contributed by atoms with van der Waals surface area (Å²) in [5.41, 5.74) is 0.337. The fraction of sp³-hybridized carbons (Fsp3) is 0.250. The minimum atomic E-state index is -0.911. The van der Waals surface area contributed by atoms with Crippen LogP contribution in [0.4, 0.5) is 0 Å². The van der Waals surface area contributed by atoms with Gasteiger partial charge in [-0.25, -0.2) is 4.79 Å². The van der Waals surface area contributed by atoms with Gasteiger partial charge in [-0.2, -0.15) is 0 Å². The average molecular weight is 165 g/mol. The number of allylic oxidation sites excluding steroid dienone is 2. The first-order valence-corrected chi connectivity index (χ1v) is 3.60. The first kappa shape index (κ1) is 7.09. The molecule has 2 rings (SSSR count). The van der Waals surface area contributed by atoms with Crippen LogP contribution < -0.4 is 0 Å². The molecule has 0 bridgehead atoms. The highest BCUT2D eigenvalue weighted by atomic mass is 16.6. The van der Waals surface area contributed by atoms with Crippen molar-refractivity contribution in [3.05, 3.63) is 23.8 Å². The first-order chi connectivity index (χ1) is 5.79. The summed E-state index contributed by atoms with van der Waals surface area (Å²) in [6.07, 6.45) is 6.35. The van der Waals surface area contributed by atoms with E-state index < -0.39 is 5.97 Å². The third-order valence-corrected chi connectivity index (χ3v) is 1.94. The topological polar surface area (TPSA) is 58.9 Å². The second-order valence-electron chi connectivity index (χ2n) is 2.66. The summed E-state index contributed by atoms with van der Waals surface area (Å²) in [5.74, 6) is -1.13. The minimum absolute atomic E-state index is 0.215. The molecule has 12 heavy (non-hydrogen) atoms. The quantitative estimate of drug-likeness (QED) is 0.617. The summed E-state index contributed by atoms with van der Waals surface area (Å²) in [7, 11) is 0. The van der Waals surface area contributed by atoms with Crippen LogP contribution in [-0.4, -0.2) is 23.4 Å². The van der Waals surface area contributed by atoms with Crippen molar-refractivity contribution in [2.24, 2.45) is 11.1 Å². The van der Waals surface area contributed by atoms with Crippen molar-refractivity contribution in [3.8, 4) is 0 Å². The summed E-state index contributed by atoms with van der Waals surface area (Å²) < 4.78 is 0. The lowest BCUT2D eigenvalue weighted by Crippen LogP contribution is -2.24. The Morgan fingerprint density at radius 2 is 2.50 bits per heavy atom. The van der Waals surface area contributed by atoms with Gasteiger partial charge in [-0.05, 0) is 6.08 Å². The van der Waals surface area contributed by atoms with Crippen molar-refractivity contribution < 1.29 is 14.7 Å². The molecule has 0 radical (unpaired) electrons. The first-order valence-electron chi connectivity index (χ1n) is 3.60. The van der Waals surface area contributed by atoms with E-state index in [0.29, 0.717) is 5.57 Å². The number of oxime groups is 1. The van der Waals surface area contributed by atoms with Crippen molar-refractivity contribution >= 4 is 12.2 Å². The highest BCUT2D eigenvalue weighted by Crippen LogP contribution is 2.25. The molecule has 0 amide bonds. The molecule has 2 unspecified atom stereocenters. The summed E-state index contributed by atoms with van der Waals surface area (Å²) in [4.78, 5) is 15.6. The zero-order valence-electron chi connectivity index (χ0n) is 6.18. The van der Waals surface area contributed by atoms with E-state index in [0.717, 1.165) is 0 Å². The molecule has 4 nitrogen and oxygen atoms in total. The van der Waals surface area contributed by atoms with Gasteiger partial charge in [0.25, 0.3) is 0 Å². The van der Waals surface area contributed by atoms with E-state index in [4.69, 9.17) is 9.94 Å². The lowest BCUT2D eigenvalue weighted by Gasteiger charge is -2.15. The summed E-state index contributed by atoms with van der Waals surface area (Å²) in [5, 5.41) is 12.3. The summed E-state index contributed by atoms with van der Waals surface area (Å²) >= 11 is 0. The number of carboxylic acids is 1. The van der Waals surface area contributed by atoms with Crippen molar-refractivity contribution in [2.45, 2.75) is 6.10 Å². The third-order valence-electron chi connectivity index (χ3n) is 1.94. The summed E-state index contributed by atoms with van der Waals surface area (Å²) in [6, 6.07) is 0. The van der Waals surface area contributed by atoms with E-state index in [2.05, 4.69) is 5.16 Å². The molecule has 1 aliphatic carbocycles. The second-order valence-corrected chi connectivity index (χ2v) is 2.66. The molecular weight excluding hydrogens is 158 g/mol. The molecule has 0 spiro atoms. The Bertz CT molecular complexity index is 303. The van der Waals surface area contributed by atoms with Gasteiger partial charge in [0.15, 0.2) is 6.10 Å². The van der Waals surface area contributed by atoms with Gasteiger partial charge in [0.2, 0.25) is 0 Å². The number of fused-ring (bicyclic) bond motifs is 1. The maximum absolute atomic E-state index is 10.7. The van der Waals surface area contributed by atoms with E-state index >= 15 is 0 Å². The Morgan fingerprint density at radius 3 is 3.25 bits per heavy atom. The predicted octanol–water partition coefficient (Wildman–Crippen LogP) is 0.568. The van der Waals surface area contributed by atoms with Crippen molar-refractivity contribution in [3.63, 3.8) is 0 Å². The van der Waals surface area contributed by atoms with E-state index in [1.165, 1.54) is 6.21 Å². The largest absolute Gasteiger partial charge is 0.478 e. The molecule has 4 heteroatoms. The number of nitrogens with zero attached hydrogens (tertiary/aromatic N) is 1. The molecule has 1 heterocycles. The Kier molecular flexibility index (Phi) is 1.46. The molecule has 0 aromatic heterocycles. The molecule has 1 aliphatic heterocycles. The predicted molar refractivity (Wildman–Crippen MR) is 41.7 cm³/mol. The number of hydrogen-bond donors (Lipinski definition) is 1. The standard InChI is InChI=1S/C8H7NO3/c10-8(11)5-2-1-3-7-6(5)4-9-12-7/h1-4,6-7H,(H,10,11). The van der Waals surface area contributed by atoms with Gasteiger partial charge in [-0.15, -0.1) is 0 Å². The monoisotopic (exact) mass is 165 g/mol. The second kappa shape index (κ2) is 2.48. The molecule has 2 atom stereocenters. The van der Waals surface area contributed by atoms with Gasteiger partial charge in [0, 0.05) is 5.57 Å². The third kappa shape index (κ3) is 0.922. The normalized spacial score (nSPS) is 30.8. The average Bonchev–Trinajstić information content (AvgIpc) is 2.49. The van der Waals surface area contributed by atoms with Gasteiger partial charge in [0.1, 0.15) is 0 Å². The lowest BCUT2D eigenvalue weighted by molar-refractivity contribution is -0.133. The van der Waals surface area contributed by atoms with E-state index in [1.54, 1.807) is 18.2 Å². The van der Waals surface area contributed by atoms with E-state index in [1.807, 2.05) is 0 Å². The van der Waals surface area contributed by atoms with Crippen LogP contribution >= 0.6 is 0 Å². The van der Waals surface area contributed by atoms with Crippen molar-refractivity contribution in [1.82, 2.24) is 0 Å². The van der Waals surface area contributed by atoms with Crippen LogP contribution in [0.15, 0.2) is 29.0 Å². The van der Waals surface area contributed by atoms with Gasteiger partial charge in [-0.1, -0.05) is 17.3 Å². The minimum Gasteiger partial charge on any atom is -0.478 e. The van der Waals surface area contributed by atoms with Crippen LogP contribution in [0.5, 0.6) is 0 Å². The lowest BCUT2D eigenvalue weighted by atomic mass is 9.91. The SMILES string of the molecule is O=C(O)C1=CC=CC2ON=CC12. The van der Waals surface area contributed by atoms with Crippen LogP contribution in [0.25, 0.3) is 0 Å². The molecule has 0 aromatic carbocycles. The van der Waals surface area contributed by atoms with Gasteiger partial charge in [0.05, 0.1) is 12.1 Å².